The lowest BCUT2D eigenvalue weighted by atomic mass is 10.3. The summed E-state index contributed by atoms with van der Waals surface area (Å²) in [5, 5.41) is 17.0. The molecule has 0 aromatic rings. The van der Waals surface area contributed by atoms with Crippen molar-refractivity contribution in [2.75, 3.05) is 25.7 Å². The molecule has 11 heavy (non-hydrogen) atoms. The van der Waals surface area contributed by atoms with Crippen LogP contribution in [-0.2, 0) is 4.74 Å². The molecule has 0 amide bonds. The minimum absolute atomic E-state index is 0.0391. The molecule has 0 spiro atoms. The van der Waals surface area contributed by atoms with E-state index in [0.29, 0.717) is 12.5 Å². The van der Waals surface area contributed by atoms with Gasteiger partial charge >= 0.3 is 0 Å². The van der Waals surface area contributed by atoms with Gasteiger partial charge in [-0.2, -0.15) is 0 Å². The first kappa shape index (κ1) is 11.2. The second kappa shape index (κ2) is 8.27. The molecule has 0 aromatic carbocycles. The van der Waals surface area contributed by atoms with Crippen molar-refractivity contribution in [2.24, 2.45) is 0 Å². The zero-order valence-electron chi connectivity index (χ0n) is 6.50. The summed E-state index contributed by atoms with van der Waals surface area (Å²) in [6.07, 6.45) is 1.29. The normalized spacial score (nSPS) is 13.4. The number of alkyl halides is 1. The first-order valence-corrected chi connectivity index (χ1v) is 4.28. The molecule has 1 unspecified atom stereocenters. The fourth-order valence-electron chi connectivity index (χ4n) is 0.610. The Bertz CT molecular complexity index is 76.1. The van der Waals surface area contributed by atoms with E-state index in [1.54, 1.807) is 0 Å². The molecule has 2 N–H and O–H groups in total. The molecular formula is C7H15ClO3. The maximum Gasteiger partial charge on any atom is 0.0940 e. The third-order valence-electron chi connectivity index (χ3n) is 1.28. The largest absolute Gasteiger partial charge is 0.396 e. The number of halogens is 1. The summed E-state index contributed by atoms with van der Waals surface area (Å²) in [7, 11) is 0. The number of unbranched alkanes of at least 4 members (excludes halogenated alkanes) is 1. The van der Waals surface area contributed by atoms with E-state index in [1.165, 1.54) is 0 Å². The molecule has 0 aliphatic rings. The Morgan fingerprint density at radius 2 is 2.00 bits per heavy atom. The fourth-order valence-corrected chi connectivity index (χ4v) is 0.797. The molecule has 3 nitrogen and oxygen atoms in total. The average molecular weight is 183 g/mol. The van der Waals surface area contributed by atoms with Crippen molar-refractivity contribution < 1.29 is 14.9 Å². The van der Waals surface area contributed by atoms with Crippen LogP contribution in [0, 0.1) is 0 Å². The number of hydrogen-bond donors (Lipinski definition) is 2. The maximum absolute atomic E-state index is 8.62. The Balaban J connectivity index is 3.07. The third kappa shape index (κ3) is 6.56. The number of aliphatic hydroxyl groups is 2. The Morgan fingerprint density at radius 3 is 2.45 bits per heavy atom. The summed E-state index contributed by atoms with van der Waals surface area (Å²) in [5.74, 6) is 0.315. The average Bonchev–Trinajstić information content (AvgIpc) is 2.05. The first-order valence-electron chi connectivity index (χ1n) is 3.74. The van der Waals surface area contributed by atoms with Crippen molar-refractivity contribution in [1.29, 1.82) is 0 Å². The van der Waals surface area contributed by atoms with Crippen LogP contribution in [0.2, 0.25) is 0 Å². The van der Waals surface area contributed by atoms with E-state index in [0.717, 1.165) is 12.8 Å². The zero-order chi connectivity index (χ0) is 8.53. The van der Waals surface area contributed by atoms with Gasteiger partial charge in [-0.25, -0.2) is 0 Å². The van der Waals surface area contributed by atoms with Gasteiger partial charge in [0.2, 0.25) is 0 Å². The topological polar surface area (TPSA) is 49.7 Å². The van der Waals surface area contributed by atoms with Crippen molar-refractivity contribution in [2.45, 2.75) is 18.9 Å². The molecule has 1 atom stereocenters. The van der Waals surface area contributed by atoms with E-state index in [4.69, 9.17) is 26.6 Å². The minimum Gasteiger partial charge on any atom is -0.396 e. The SMILES string of the molecule is OCCCCOC(CO)CCl. The second-order valence-electron chi connectivity index (χ2n) is 2.26. The lowest BCUT2D eigenvalue weighted by Gasteiger charge is -2.11. The number of hydrogen-bond acceptors (Lipinski definition) is 3. The van der Waals surface area contributed by atoms with Gasteiger partial charge in [0.15, 0.2) is 0 Å². The van der Waals surface area contributed by atoms with Crippen LogP contribution in [0.4, 0.5) is 0 Å². The zero-order valence-corrected chi connectivity index (χ0v) is 7.26. The van der Waals surface area contributed by atoms with Gasteiger partial charge in [0.1, 0.15) is 0 Å². The third-order valence-corrected chi connectivity index (χ3v) is 1.63. The Kier molecular flexibility index (Phi) is 8.40. The monoisotopic (exact) mass is 182 g/mol. The van der Waals surface area contributed by atoms with Gasteiger partial charge in [-0.05, 0) is 12.8 Å². The highest BCUT2D eigenvalue weighted by atomic mass is 35.5. The number of rotatable bonds is 7. The Hall–Kier alpha value is 0.170. The maximum atomic E-state index is 8.62. The molecule has 68 valence electrons. The molecular weight excluding hydrogens is 168 g/mol. The standard InChI is InChI=1S/C7H15ClO3/c8-5-7(6-10)11-4-2-1-3-9/h7,9-10H,1-6H2. The lowest BCUT2D eigenvalue weighted by Crippen LogP contribution is -2.20. The van der Waals surface area contributed by atoms with Crippen LogP contribution in [0.25, 0.3) is 0 Å². The second-order valence-corrected chi connectivity index (χ2v) is 2.57. The molecule has 0 saturated heterocycles. The van der Waals surface area contributed by atoms with E-state index in [9.17, 15) is 0 Å². The van der Waals surface area contributed by atoms with Crippen molar-refractivity contribution >= 4 is 11.6 Å². The molecule has 0 aromatic heterocycles. The fraction of sp³-hybridized carbons (Fsp3) is 1.00. The summed E-state index contributed by atoms with van der Waals surface area (Å²) in [4.78, 5) is 0. The highest BCUT2D eigenvalue weighted by molar-refractivity contribution is 6.18. The van der Waals surface area contributed by atoms with E-state index in [2.05, 4.69) is 0 Å². The summed E-state index contributed by atoms with van der Waals surface area (Å²) in [6, 6.07) is 0. The highest BCUT2D eigenvalue weighted by Crippen LogP contribution is 1.97. The molecule has 0 rings (SSSR count). The van der Waals surface area contributed by atoms with E-state index in [1.807, 2.05) is 0 Å². The Labute approximate surface area is 71.9 Å². The predicted octanol–water partition coefficient (Wildman–Crippen LogP) is 0.375. The van der Waals surface area contributed by atoms with Crippen LogP contribution in [0.1, 0.15) is 12.8 Å². The van der Waals surface area contributed by atoms with Gasteiger partial charge < -0.3 is 14.9 Å². The molecule has 0 heterocycles. The molecule has 0 saturated carbocycles. The van der Waals surface area contributed by atoms with Crippen LogP contribution >= 0.6 is 11.6 Å². The van der Waals surface area contributed by atoms with Gasteiger partial charge in [-0.15, -0.1) is 11.6 Å². The minimum atomic E-state index is -0.254. The summed E-state index contributed by atoms with van der Waals surface area (Å²) >= 11 is 5.45. The molecule has 0 radical (unpaired) electrons. The number of ether oxygens (including phenoxy) is 1. The van der Waals surface area contributed by atoms with Crippen molar-refractivity contribution in [3.8, 4) is 0 Å². The van der Waals surface area contributed by atoms with E-state index < -0.39 is 0 Å². The molecule has 0 fully saturated rings. The van der Waals surface area contributed by atoms with Crippen LogP contribution < -0.4 is 0 Å². The van der Waals surface area contributed by atoms with Crippen LogP contribution in [0.3, 0.4) is 0 Å². The van der Waals surface area contributed by atoms with Crippen molar-refractivity contribution in [1.82, 2.24) is 0 Å². The van der Waals surface area contributed by atoms with Crippen LogP contribution in [0.15, 0.2) is 0 Å². The summed E-state index contributed by atoms with van der Waals surface area (Å²) < 4.78 is 5.15. The quantitative estimate of drug-likeness (QED) is 0.442. The highest BCUT2D eigenvalue weighted by Gasteiger charge is 2.03. The van der Waals surface area contributed by atoms with E-state index in [-0.39, 0.29) is 19.3 Å². The summed E-state index contributed by atoms with van der Waals surface area (Å²) in [6.45, 7) is 0.704. The summed E-state index contributed by atoms with van der Waals surface area (Å²) in [5.41, 5.74) is 0. The molecule has 4 heteroatoms. The van der Waals surface area contributed by atoms with Gasteiger partial charge in [-0.1, -0.05) is 0 Å². The van der Waals surface area contributed by atoms with Gasteiger partial charge in [0.05, 0.1) is 18.6 Å². The van der Waals surface area contributed by atoms with Crippen LogP contribution in [0.5, 0.6) is 0 Å². The van der Waals surface area contributed by atoms with Crippen molar-refractivity contribution in [3.63, 3.8) is 0 Å². The molecule has 0 aliphatic heterocycles. The lowest BCUT2D eigenvalue weighted by molar-refractivity contribution is 0.0240. The number of aliphatic hydroxyl groups excluding tert-OH is 2. The Morgan fingerprint density at radius 1 is 1.27 bits per heavy atom. The molecule has 0 bridgehead atoms. The van der Waals surface area contributed by atoms with Gasteiger partial charge in [0, 0.05) is 13.2 Å². The van der Waals surface area contributed by atoms with Gasteiger partial charge in [0.25, 0.3) is 0 Å². The predicted molar refractivity (Wildman–Crippen MR) is 43.9 cm³/mol. The van der Waals surface area contributed by atoms with Crippen LogP contribution in [-0.4, -0.2) is 42.0 Å². The van der Waals surface area contributed by atoms with E-state index >= 15 is 0 Å². The molecule has 0 aliphatic carbocycles. The van der Waals surface area contributed by atoms with Gasteiger partial charge in [-0.3, -0.25) is 0 Å². The van der Waals surface area contributed by atoms with Crippen molar-refractivity contribution in [3.05, 3.63) is 0 Å². The smallest absolute Gasteiger partial charge is 0.0940 e. The first-order chi connectivity index (χ1) is 5.35.